The highest BCUT2D eigenvalue weighted by Gasteiger charge is 2.38. The number of aromatic carboxylic acids is 1. The van der Waals surface area contributed by atoms with Gasteiger partial charge in [-0.3, -0.25) is 0 Å². The Kier molecular flexibility index (Phi) is 11.5. The minimum absolute atomic E-state index is 0.0162. The third-order valence-electron chi connectivity index (χ3n) is 5.29. The Labute approximate surface area is 237 Å². The Hall–Kier alpha value is -3.63. The fourth-order valence-electron chi connectivity index (χ4n) is 3.32. The van der Waals surface area contributed by atoms with Crippen LogP contribution >= 0.6 is 22.9 Å². The summed E-state index contributed by atoms with van der Waals surface area (Å²) in [5.41, 5.74) is 1.87. The number of hydrogen-bond donors (Lipinski definition) is 4. The van der Waals surface area contributed by atoms with Crippen molar-refractivity contribution in [3.8, 4) is 22.9 Å². The summed E-state index contributed by atoms with van der Waals surface area (Å²) in [6, 6.07) is 17.7. The van der Waals surface area contributed by atoms with Crippen LogP contribution in [0, 0.1) is 11.3 Å². The minimum Gasteiger partial charge on any atom is -0.490 e. The zero-order chi connectivity index (χ0) is 30.1. The molecule has 1 atom stereocenters. The van der Waals surface area contributed by atoms with Crippen LogP contribution in [0.3, 0.4) is 0 Å². The number of rotatable bonds is 10. The van der Waals surface area contributed by atoms with Crippen molar-refractivity contribution in [1.29, 1.82) is 5.26 Å². The maximum atomic E-state index is 11.6. The Bertz CT molecular complexity index is 1350. The molecule has 0 bridgehead atoms. The second-order valence-electron chi connectivity index (χ2n) is 9.12. The molecule has 40 heavy (non-hydrogen) atoms. The van der Waals surface area contributed by atoms with E-state index >= 15 is 0 Å². The quantitative estimate of drug-likeness (QED) is 0.236. The van der Waals surface area contributed by atoms with E-state index in [1.54, 1.807) is 36.4 Å². The summed E-state index contributed by atoms with van der Waals surface area (Å²) < 4.78 is 38.2. The molecule has 0 amide bonds. The summed E-state index contributed by atoms with van der Waals surface area (Å²) in [4.78, 5) is 21.7. The maximum Gasteiger partial charge on any atom is 0.490 e. The number of aliphatic hydroxyl groups is 1. The summed E-state index contributed by atoms with van der Waals surface area (Å²) in [7, 11) is 0. The summed E-state index contributed by atoms with van der Waals surface area (Å²) in [5, 5.41) is 39.4. The van der Waals surface area contributed by atoms with Gasteiger partial charge in [0, 0.05) is 17.0 Å². The van der Waals surface area contributed by atoms with Crippen molar-refractivity contribution in [3.05, 3.63) is 74.9 Å². The molecular weight excluding hydrogens is 573 g/mol. The number of β-amino-alcohol motifs (C(OH)–C–C–N with tert-alkyl or cyclic N) is 1. The van der Waals surface area contributed by atoms with Gasteiger partial charge in [-0.15, -0.1) is 11.3 Å². The van der Waals surface area contributed by atoms with Gasteiger partial charge in [-0.25, -0.2) is 9.59 Å². The van der Waals surface area contributed by atoms with E-state index in [0.29, 0.717) is 5.56 Å². The van der Waals surface area contributed by atoms with Gasteiger partial charge >= 0.3 is 18.1 Å². The highest BCUT2D eigenvalue weighted by molar-refractivity contribution is 7.16. The van der Waals surface area contributed by atoms with Crippen molar-refractivity contribution in [3.63, 3.8) is 0 Å². The predicted molar refractivity (Wildman–Crippen MR) is 144 cm³/mol. The van der Waals surface area contributed by atoms with Crippen molar-refractivity contribution in [2.75, 3.05) is 13.2 Å². The number of nitrogens with one attached hydrogen (secondary N) is 1. The van der Waals surface area contributed by atoms with E-state index in [1.165, 1.54) is 17.4 Å². The van der Waals surface area contributed by atoms with Gasteiger partial charge < -0.3 is 25.4 Å². The second kappa shape index (κ2) is 14.1. The highest BCUT2D eigenvalue weighted by atomic mass is 35.5. The molecule has 1 aromatic heterocycles. The van der Waals surface area contributed by atoms with Crippen molar-refractivity contribution in [2.45, 2.75) is 38.1 Å². The SMILES string of the molecule is CC(C)(Cc1ccc(Cl)s1)NC[C@H](O)COc1cc(-c2ccc(C#N)cc2)ccc1C(=O)O.O=C(O)C(F)(F)F. The average Bonchev–Trinajstić information content (AvgIpc) is 3.29. The van der Waals surface area contributed by atoms with Crippen LogP contribution in [0.1, 0.15) is 34.6 Å². The largest absolute Gasteiger partial charge is 0.490 e. The standard InChI is InChI=1S/C25H25ClN2O4S.C2HF3O2/c1-25(2,12-20-8-10-23(26)33-20)28-14-19(29)15-32-22-11-18(7-9-21(22)24(30)31)17-5-3-16(13-27)4-6-17;3-2(4,5)1(6)7/h3-11,19,28-29H,12,14-15H2,1-2H3,(H,30,31);(H,6,7)/t19-;/m0./s1. The molecule has 0 aliphatic heterocycles. The molecule has 3 rings (SSSR count). The lowest BCUT2D eigenvalue weighted by Crippen LogP contribution is -2.46. The van der Waals surface area contributed by atoms with Crippen LogP contribution in [-0.4, -0.2) is 58.2 Å². The lowest BCUT2D eigenvalue weighted by Gasteiger charge is -2.27. The molecule has 0 aliphatic carbocycles. The molecule has 1 heterocycles. The van der Waals surface area contributed by atoms with Crippen LogP contribution in [0.4, 0.5) is 13.2 Å². The monoisotopic (exact) mass is 598 g/mol. The number of aliphatic hydroxyl groups excluding tert-OH is 1. The van der Waals surface area contributed by atoms with Gasteiger partial charge in [0.05, 0.1) is 16.0 Å². The Balaban J connectivity index is 0.000000708. The van der Waals surface area contributed by atoms with E-state index in [-0.39, 0.29) is 30.0 Å². The van der Waals surface area contributed by atoms with E-state index in [4.69, 9.17) is 31.5 Å². The summed E-state index contributed by atoms with van der Waals surface area (Å²) >= 11 is 7.53. The zero-order valence-electron chi connectivity index (χ0n) is 21.3. The van der Waals surface area contributed by atoms with Crippen LogP contribution in [0.25, 0.3) is 11.1 Å². The third kappa shape index (κ3) is 10.5. The first-order chi connectivity index (χ1) is 18.6. The summed E-state index contributed by atoms with van der Waals surface area (Å²) in [6.07, 6.45) is -5.16. The van der Waals surface area contributed by atoms with Gasteiger partial charge in [-0.1, -0.05) is 29.8 Å². The molecule has 0 unspecified atom stereocenters. The van der Waals surface area contributed by atoms with Crippen molar-refractivity contribution in [2.24, 2.45) is 0 Å². The summed E-state index contributed by atoms with van der Waals surface area (Å²) in [5.74, 6) is -3.69. The first kappa shape index (κ1) is 32.6. The van der Waals surface area contributed by atoms with E-state index in [1.807, 2.05) is 26.0 Å². The second-order valence-corrected chi connectivity index (χ2v) is 10.9. The van der Waals surface area contributed by atoms with Crippen molar-refractivity contribution >= 4 is 34.9 Å². The number of aliphatic carboxylic acids is 1. The molecule has 3 aromatic rings. The molecule has 4 N–H and O–H groups in total. The molecular formula is C27H26ClF3N2O6S. The number of alkyl halides is 3. The first-order valence-electron chi connectivity index (χ1n) is 11.6. The van der Waals surface area contributed by atoms with Crippen LogP contribution < -0.4 is 10.1 Å². The Morgan fingerprint density at radius 3 is 2.17 bits per heavy atom. The Morgan fingerprint density at radius 1 is 1.07 bits per heavy atom. The van der Waals surface area contributed by atoms with Gasteiger partial charge in [-0.2, -0.15) is 18.4 Å². The number of carboxylic acids is 2. The van der Waals surface area contributed by atoms with Gasteiger partial charge in [0.2, 0.25) is 0 Å². The molecule has 0 fully saturated rings. The number of ether oxygens (including phenoxy) is 1. The molecule has 0 saturated carbocycles. The normalized spacial score (nSPS) is 12.1. The number of halogens is 4. The van der Waals surface area contributed by atoms with E-state index in [0.717, 1.165) is 26.8 Å². The fourth-order valence-corrected chi connectivity index (χ4v) is 4.63. The van der Waals surface area contributed by atoms with E-state index < -0.39 is 24.2 Å². The predicted octanol–water partition coefficient (Wildman–Crippen LogP) is 5.62. The topological polar surface area (TPSA) is 140 Å². The van der Waals surface area contributed by atoms with Crippen LogP contribution in [-0.2, 0) is 11.2 Å². The fraction of sp³-hybridized carbons (Fsp3) is 0.296. The Morgan fingerprint density at radius 2 is 1.68 bits per heavy atom. The molecule has 214 valence electrons. The first-order valence-corrected chi connectivity index (χ1v) is 12.8. The number of benzene rings is 2. The lowest BCUT2D eigenvalue weighted by atomic mass is 9.99. The van der Waals surface area contributed by atoms with Gasteiger partial charge in [0.1, 0.15) is 24.0 Å². The summed E-state index contributed by atoms with van der Waals surface area (Å²) in [6.45, 7) is 4.30. The molecule has 0 saturated heterocycles. The molecule has 8 nitrogen and oxygen atoms in total. The number of carbonyl (C=O) groups is 2. The number of thiophene rings is 1. The van der Waals surface area contributed by atoms with Crippen LogP contribution in [0.2, 0.25) is 4.34 Å². The number of nitriles is 1. The molecule has 0 aliphatic rings. The third-order valence-corrected chi connectivity index (χ3v) is 6.53. The maximum absolute atomic E-state index is 11.6. The number of nitrogens with zero attached hydrogens (tertiary/aromatic N) is 1. The smallest absolute Gasteiger partial charge is 0.490 e. The van der Waals surface area contributed by atoms with Gasteiger partial charge in [0.25, 0.3) is 0 Å². The van der Waals surface area contributed by atoms with Crippen molar-refractivity contribution in [1.82, 2.24) is 5.32 Å². The van der Waals surface area contributed by atoms with Gasteiger partial charge in [0.15, 0.2) is 0 Å². The van der Waals surface area contributed by atoms with E-state index in [2.05, 4.69) is 11.4 Å². The molecule has 0 spiro atoms. The van der Waals surface area contributed by atoms with Crippen molar-refractivity contribution < 1.29 is 42.8 Å². The lowest BCUT2D eigenvalue weighted by molar-refractivity contribution is -0.192. The van der Waals surface area contributed by atoms with Crippen LogP contribution in [0.15, 0.2) is 54.6 Å². The average molecular weight is 599 g/mol. The molecule has 13 heteroatoms. The highest BCUT2D eigenvalue weighted by Crippen LogP contribution is 2.28. The van der Waals surface area contributed by atoms with Crippen LogP contribution in [0.5, 0.6) is 5.75 Å². The molecule has 2 aromatic carbocycles. The zero-order valence-corrected chi connectivity index (χ0v) is 22.9. The minimum atomic E-state index is -5.08. The van der Waals surface area contributed by atoms with E-state index in [9.17, 15) is 28.2 Å². The molecule has 0 radical (unpaired) electrons. The number of carboxylic acid groups (broad SMARTS) is 2. The number of hydrogen-bond acceptors (Lipinski definition) is 7. The van der Waals surface area contributed by atoms with Gasteiger partial charge in [-0.05, 0) is 67.8 Å².